The van der Waals surface area contributed by atoms with Gasteiger partial charge in [-0.2, -0.15) is 0 Å². The van der Waals surface area contributed by atoms with Gasteiger partial charge in [-0.1, -0.05) is 176 Å². The topological polar surface area (TPSA) is 292 Å². The highest BCUT2D eigenvalue weighted by atomic mass is 16.6. The van der Waals surface area contributed by atoms with Gasteiger partial charge in [-0.25, -0.2) is 0 Å². The molecule has 0 spiro atoms. The Morgan fingerprint density at radius 3 is 1.12 bits per heavy atom. The summed E-state index contributed by atoms with van der Waals surface area (Å²) in [6.45, 7) is 47.5. The van der Waals surface area contributed by atoms with Crippen LogP contribution < -0.4 is 21.7 Å². The Kier molecular flexibility index (Phi) is 33.9. The lowest BCUT2D eigenvalue weighted by molar-refractivity contribution is -0.203. The quantitative estimate of drug-likeness (QED) is 0.0222. The SMILES string of the molecule is C=C1CCC2[C@H](CN)C([C@@]3(C)CC[C@H](OC(C)=O)C[C@@H]3COC(C)=O)CC[C@]12C.C=C1CCC2[C@H](CNC(=O)c3ccccc3)C([C@@]3(C)CC[C@H](OC(C)=O)C[C@@H]3COC(C)=O)CC[C@]12C.C=C1CCC2[C@H](CNCc3ccccc3)C([C@@]3(C)CC[C@H](O)C[C@@H]3CO)CC[C@]12C.C=C1CCC2[C@H](CNCc3ccccc3)C([C@@]3(OC(C)=O)CC[C@H](O)C[C@@H]3CO)CC[C@]12C. The van der Waals surface area contributed by atoms with E-state index in [4.69, 9.17) is 29.4 Å². The number of hydrogen-bond donors (Lipinski definition) is 8. The third kappa shape index (κ3) is 22.1. The fourth-order valence-corrected chi connectivity index (χ4v) is 29.9. The minimum Gasteiger partial charge on any atom is -0.466 e. The van der Waals surface area contributed by atoms with Crippen molar-refractivity contribution in [3.8, 4) is 0 Å². The maximum Gasteiger partial charge on any atom is 0.303 e. The second kappa shape index (κ2) is 43.2. The predicted molar refractivity (Wildman–Crippen MR) is 508 cm³/mol. The molecule has 3 aromatic rings. The van der Waals surface area contributed by atoms with E-state index in [0.717, 1.165) is 142 Å². The molecule has 0 bridgehead atoms. The zero-order chi connectivity index (χ0) is 93.2. The Balaban J connectivity index is 0.000000156. The number of fused-ring (bicyclic) bond motifs is 4. The third-order valence-electron chi connectivity index (χ3n) is 37.7. The molecule has 28 atom stereocenters. The van der Waals surface area contributed by atoms with Crippen LogP contribution in [0.25, 0.3) is 0 Å². The summed E-state index contributed by atoms with van der Waals surface area (Å²) in [5.41, 5.74) is 15.3. The van der Waals surface area contributed by atoms with Gasteiger partial charge in [0.1, 0.15) is 17.8 Å². The zero-order valence-electron chi connectivity index (χ0n) is 80.8. The number of nitrogens with one attached hydrogen (secondary N) is 3. The summed E-state index contributed by atoms with van der Waals surface area (Å²) in [6, 6.07) is 30.5. The van der Waals surface area contributed by atoms with Crippen LogP contribution in [-0.4, -0.2) is 139 Å². The first kappa shape index (κ1) is 101. The molecule has 129 heavy (non-hydrogen) atoms. The molecule has 714 valence electrons. The first-order valence-corrected chi connectivity index (χ1v) is 50.0. The normalized spacial score (nSPS) is 39.2. The maximum atomic E-state index is 13.0. The van der Waals surface area contributed by atoms with Crippen LogP contribution in [0.5, 0.6) is 0 Å². The number of aliphatic hydroxyl groups is 4. The van der Waals surface area contributed by atoms with E-state index >= 15 is 0 Å². The van der Waals surface area contributed by atoms with Crippen molar-refractivity contribution in [1.29, 1.82) is 0 Å². The van der Waals surface area contributed by atoms with Gasteiger partial charge in [-0.15, -0.1) is 0 Å². The number of hydrogen-bond acceptors (Lipinski definition) is 18. The molecule has 0 saturated heterocycles. The minimum atomic E-state index is -0.718. The van der Waals surface area contributed by atoms with Crippen LogP contribution in [0.1, 0.15) is 284 Å². The standard InChI is InChI=1S/C31H43NO5.C28H41NO4.C27H41NO2.C24H39NO4/c1-20-11-12-27-26(18-32-29(35)23-9-7-6-8-10-23)28(14-16-30(20,27)4)31(5)15-13-25(37-22(3)34)17-24(31)19-36-21(2)33;1-19-9-10-25-24(17-29-16-21-7-5-4-6-8-21)26(12-13-27(19,25)3)28(33-20(2)31)14-11-23(32)15-22(28)18-30;1-19-9-10-24-23(17-28-16-20-7-5-4-6-8-20)25(12-14-26(19,24)2)27(3)13-11-22(30)15-21(27)18-29;1-15-6-7-21-20(13-25)22(9-11-23(15,21)4)24(5)10-8-19(29-17(3)27)12-18(24)14-28-16(2)26/h6-10,24-28H,1,11-19H2,2-5H3,(H,32,35);4-8,22-26,29-30,32H,1,9-18H2,2-3H3;4-8,21-25,28-30H,1,9-18H2,2-3H3;18-22H,1,6-14,25H2,2-5H3/t24-,25+,26+,27?,28?,30-,31+;22-,23+,24+,25?,26?,27-,28-;21-,22+,23+,24?,25?,26-,27+;18-,19+,20+,21?,22?,23-,24+/m1111/s1. The number of esters is 5. The summed E-state index contributed by atoms with van der Waals surface area (Å²) in [7, 11) is 0. The van der Waals surface area contributed by atoms with E-state index in [1.807, 2.05) is 36.4 Å². The molecular weight excluding hydrogens is 1620 g/mol. The molecule has 0 radical (unpaired) electrons. The van der Waals surface area contributed by atoms with Crippen LogP contribution in [-0.2, 0) is 60.7 Å². The maximum absolute atomic E-state index is 13.0. The molecule has 0 aromatic heterocycles. The zero-order valence-corrected chi connectivity index (χ0v) is 80.8. The second-order valence-electron chi connectivity index (χ2n) is 44.1. The first-order chi connectivity index (χ1) is 61.3. The van der Waals surface area contributed by atoms with Crippen molar-refractivity contribution in [2.75, 3.05) is 52.6 Å². The third-order valence-corrected chi connectivity index (χ3v) is 37.7. The monoisotopic (exact) mass is 1780 g/mol. The van der Waals surface area contributed by atoms with Crippen molar-refractivity contribution < 1.29 is 72.9 Å². The summed E-state index contributed by atoms with van der Waals surface area (Å²) in [6.07, 6.45) is 26.4. The summed E-state index contributed by atoms with van der Waals surface area (Å²) in [5.74, 6) is 4.33. The van der Waals surface area contributed by atoms with Crippen molar-refractivity contribution in [2.45, 2.75) is 306 Å². The molecule has 19 heteroatoms. The molecule has 15 rings (SSSR count). The number of carbonyl (C=O) groups is 6. The number of rotatable bonds is 25. The number of aliphatic hydroxyl groups excluding tert-OH is 4. The largest absolute Gasteiger partial charge is 0.466 e. The van der Waals surface area contributed by atoms with E-state index < -0.39 is 11.7 Å². The lowest BCUT2D eigenvalue weighted by atomic mass is 9.49. The molecule has 0 heterocycles. The Morgan fingerprint density at radius 2 is 0.736 bits per heavy atom. The highest BCUT2D eigenvalue weighted by molar-refractivity contribution is 5.94. The highest BCUT2D eigenvalue weighted by Gasteiger charge is 2.64. The van der Waals surface area contributed by atoms with Gasteiger partial charge in [0, 0.05) is 96.7 Å². The smallest absolute Gasteiger partial charge is 0.303 e. The fourth-order valence-electron chi connectivity index (χ4n) is 29.9. The van der Waals surface area contributed by atoms with Crippen molar-refractivity contribution in [3.05, 3.63) is 156 Å². The van der Waals surface area contributed by atoms with Crippen molar-refractivity contribution in [2.24, 2.45) is 138 Å². The molecule has 1 amide bonds. The van der Waals surface area contributed by atoms with Crippen LogP contribution >= 0.6 is 0 Å². The summed E-state index contributed by atoms with van der Waals surface area (Å²) >= 11 is 0. The lowest BCUT2D eigenvalue weighted by Gasteiger charge is -2.56. The van der Waals surface area contributed by atoms with Crippen LogP contribution in [0.4, 0.5) is 0 Å². The van der Waals surface area contributed by atoms with E-state index in [1.54, 1.807) is 0 Å². The van der Waals surface area contributed by atoms with E-state index in [9.17, 15) is 49.2 Å². The van der Waals surface area contributed by atoms with Gasteiger partial charge in [0.05, 0.1) is 25.4 Å². The lowest BCUT2D eigenvalue weighted by Crippen LogP contribution is -2.60. The number of ether oxygens (including phenoxy) is 5. The van der Waals surface area contributed by atoms with Crippen LogP contribution in [0.2, 0.25) is 0 Å². The summed E-state index contributed by atoms with van der Waals surface area (Å²) in [4.78, 5) is 71.9. The predicted octanol–water partition coefficient (Wildman–Crippen LogP) is 19.1. The molecule has 0 aliphatic heterocycles. The molecule has 12 fully saturated rings. The highest BCUT2D eigenvalue weighted by Crippen LogP contribution is 2.68. The molecule has 3 aromatic carbocycles. The molecular formula is C110H164N4O15. The molecule has 12 aliphatic rings. The first-order valence-electron chi connectivity index (χ1n) is 50.0. The summed E-state index contributed by atoms with van der Waals surface area (Å²) in [5, 5.41) is 52.0. The molecule has 12 aliphatic carbocycles. The van der Waals surface area contributed by atoms with Gasteiger partial charge < -0.3 is 65.8 Å². The Morgan fingerprint density at radius 1 is 0.388 bits per heavy atom. The van der Waals surface area contributed by atoms with Gasteiger partial charge in [0.25, 0.3) is 5.91 Å². The number of amides is 1. The van der Waals surface area contributed by atoms with E-state index in [0.29, 0.717) is 123 Å². The number of nitrogens with two attached hydrogens (primary N) is 1. The average Bonchev–Trinajstić information content (AvgIpc) is 1.67. The number of benzene rings is 3. The van der Waals surface area contributed by atoms with E-state index in [1.165, 1.54) is 107 Å². The van der Waals surface area contributed by atoms with Crippen LogP contribution in [0.15, 0.2) is 140 Å². The Bertz CT molecular complexity index is 4330. The fraction of sp³-hybridized carbons (Fsp3) is 0.709. The Labute approximate surface area is 773 Å². The van der Waals surface area contributed by atoms with E-state index in [2.05, 4.69) is 145 Å². The van der Waals surface area contributed by atoms with Crippen LogP contribution in [0, 0.1) is 133 Å². The number of allylic oxidation sites excluding steroid dienone is 4. The van der Waals surface area contributed by atoms with Gasteiger partial charge in [-0.3, -0.25) is 28.8 Å². The van der Waals surface area contributed by atoms with Crippen molar-refractivity contribution in [3.63, 3.8) is 0 Å². The molecule has 19 nitrogen and oxygen atoms in total. The van der Waals surface area contributed by atoms with Gasteiger partial charge in [0.2, 0.25) is 0 Å². The molecule has 8 unspecified atom stereocenters. The van der Waals surface area contributed by atoms with Crippen LogP contribution in [0.3, 0.4) is 0 Å². The summed E-state index contributed by atoms with van der Waals surface area (Å²) < 4.78 is 28.4. The molecule has 9 N–H and O–H groups in total. The van der Waals surface area contributed by atoms with E-state index in [-0.39, 0.29) is 135 Å². The van der Waals surface area contributed by atoms with Gasteiger partial charge >= 0.3 is 29.8 Å². The minimum absolute atomic E-state index is 0.0292. The number of carbonyl (C=O) groups excluding carboxylic acids is 6. The Hall–Kier alpha value is -6.84. The molecule has 12 saturated carbocycles. The van der Waals surface area contributed by atoms with Gasteiger partial charge in [-0.05, 0) is 332 Å². The van der Waals surface area contributed by atoms with Crippen molar-refractivity contribution >= 4 is 35.8 Å². The second-order valence-corrected chi connectivity index (χ2v) is 44.1. The average molecular weight is 1780 g/mol. The van der Waals surface area contributed by atoms with Crippen molar-refractivity contribution in [1.82, 2.24) is 16.0 Å². The van der Waals surface area contributed by atoms with Gasteiger partial charge in [0.15, 0.2) is 0 Å².